The molecule has 1 aliphatic heterocycles. The lowest BCUT2D eigenvalue weighted by molar-refractivity contribution is 0.187. The van der Waals surface area contributed by atoms with Crippen LogP contribution in [-0.2, 0) is 0 Å². The Balaban J connectivity index is 2.27. The van der Waals surface area contributed by atoms with Gasteiger partial charge in [-0.15, -0.1) is 0 Å². The highest BCUT2D eigenvalue weighted by molar-refractivity contribution is 6.34. The van der Waals surface area contributed by atoms with Crippen molar-refractivity contribution in [1.82, 2.24) is 10.2 Å². The van der Waals surface area contributed by atoms with E-state index >= 15 is 0 Å². The maximum atomic E-state index is 6.21. The van der Waals surface area contributed by atoms with Gasteiger partial charge >= 0.3 is 0 Å². The smallest absolute Gasteiger partial charge is 0.0424 e. The first-order chi connectivity index (χ1) is 9.97. The van der Waals surface area contributed by atoms with Gasteiger partial charge in [-0.05, 0) is 56.1 Å². The number of likely N-dealkylation sites (tertiary alicyclic amines) is 1. The van der Waals surface area contributed by atoms with Gasteiger partial charge in [0, 0.05) is 28.7 Å². The summed E-state index contributed by atoms with van der Waals surface area (Å²) in [4.78, 5) is 2.46. The van der Waals surface area contributed by atoms with E-state index in [0.29, 0.717) is 18.0 Å². The van der Waals surface area contributed by atoms with Gasteiger partial charge in [-0.2, -0.15) is 0 Å². The van der Waals surface area contributed by atoms with Gasteiger partial charge in [0.2, 0.25) is 0 Å². The molecule has 0 amide bonds. The molecule has 2 unspecified atom stereocenters. The van der Waals surface area contributed by atoms with E-state index in [2.05, 4.69) is 43.2 Å². The first kappa shape index (κ1) is 17.1. The van der Waals surface area contributed by atoms with E-state index in [1.807, 2.05) is 6.07 Å². The maximum absolute atomic E-state index is 6.21. The summed E-state index contributed by atoms with van der Waals surface area (Å²) in [7, 11) is 2.22. The quantitative estimate of drug-likeness (QED) is 0.856. The van der Waals surface area contributed by atoms with Crippen molar-refractivity contribution < 1.29 is 0 Å². The summed E-state index contributed by atoms with van der Waals surface area (Å²) < 4.78 is 0. The lowest BCUT2D eigenvalue weighted by atomic mass is 9.89. The molecule has 1 N–H and O–H groups in total. The number of nitrogens with zero attached hydrogens (tertiary/aromatic N) is 1. The van der Waals surface area contributed by atoms with Crippen molar-refractivity contribution in [2.75, 3.05) is 20.1 Å². The Bertz CT molecular complexity index is 442. The molecular weight excluding hydrogens is 303 g/mol. The van der Waals surface area contributed by atoms with Gasteiger partial charge < -0.3 is 5.32 Å². The molecule has 21 heavy (non-hydrogen) atoms. The van der Waals surface area contributed by atoms with Crippen LogP contribution in [0.5, 0.6) is 0 Å². The first-order valence-corrected chi connectivity index (χ1v) is 8.62. The van der Waals surface area contributed by atoms with Crippen molar-refractivity contribution in [3.05, 3.63) is 33.8 Å². The zero-order valence-electron chi connectivity index (χ0n) is 13.2. The van der Waals surface area contributed by atoms with Gasteiger partial charge in [-0.1, -0.05) is 43.5 Å². The molecule has 0 bridgehead atoms. The SMILES string of the molecule is CC(C)NCC1CCCCN(C)C1c1cc(Cl)cc(Cl)c1. The summed E-state index contributed by atoms with van der Waals surface area (Å²) in [6, 6.07) is 6.85. The predicted molar refractivity (Wildman–Crippen MR) is 92.3 cm³/mol. The molecule has 1 aromatic rings. The second kappa shape index (κ2) is 7.82. The van der Waals surface area contributed by atoms with E-state index < -0.39 is 0 Å². The zero-order chi connectivity index (χ0) is 15.4. The van der Waals surface area contributed by atoms with Crippen LogP contribution in [0.3, 0.4) is 0 Å². The van der Waals surface area contributed by atoms with E-state index in [1.165, 1.54) is 24.8 Å². The Hall–Kier alpha value is -0.280. The highest BCUT2D eigenvalue weighted by Crippen LogP contribution is 2.36. The number of hydrogen-bond donors (Lipinski definition) is 1. The summed E-state index contributed by atoms with van der Waals surface area (Å²) in [5, 5.41) is 5.05. The molecule has 1 fully saturated rings. The number of halogens is 2. The topological polar surface area (TPSA) is 15.3 Å². The monoisotopic (exact) mass is 328 g/mol. The van der Waals surface area contributed by atoms with Crippen LogP contribution in [0.25, 0.3) is 0 Å². The van der Waals surface area contributed by atoms with Crippen LogP contribution in [0.2, 0.25) is 10.0 Å². The molecule has 2 rings (SSSR count). The Kier molecular flexibility index (Phi) is 6.36. The van der Waals surface area contributed by atoms with Crippen molar-refractivity contribution in [2.45, 2.75) is 45.2 Å². The molecular formula is C17H26Cl2N2. The van der Waals surface area contributed by atoms with Crippen molar-refractivity contribution in [3.8, 4) is 0 Å². The number of benzene rings is 1. The van der Waals surface area contributed by atoms with E-state index in [9.17, 15) is 0 Å². The molecule has 2 atom stereocenters. The summed E-state index contributed by atoms with van der Waals surface area (Å²) >= 11 is 12.4. The highest BCUT2D eigenvalue weighted by atomic mass is 35.5. The third-order valence-electron chi connectivity index (χ3n) is 4.27. The minimum atomic E-state index is 0.384. The lowest BCUT2D eigenvalue weighted by Crippen LogP contribution is -2.37. The summed E-state index contributed by atoms with van der Waals surface area (Å²) in [6.07, 6.45) is 3.80. The van der Waals surface area contributed by atoms with Gasteiger partial charge in [-0.25, -0.2) is 0 Å². The average molecular weight is 329 g/mol. The molecule has 118 valence electrons. The van der Waals surface area contributed by atoms with Crippen molar-refractivity contribution in [1.29, 1.82) is 0 Å². The third-order valence-corrected chi connectivity index (χ3v) is 4.71. The fraction of sp³-hybridized carbons (Fsp3) is 0.647. The molecule has 1 heterocycles. The summed E-state index contributed by atoms with van der Waals surface area (Å²) in [6.45, 7) is 6.57. The number of rotatable bonds is 4. The molecule has 0 radical (unpaired) electrons. The molecule has 4 heteroatoms. The Labute approximate surface area is 138 Å². The molecule has 0 spiro atoms. The normalized spacial score (nSPS) is 24.3. The Morgan fingerprint density at radius 1 is 1.19 bits per heavy atom. The number of nitrogens with one attached hydrogen (secondary N) is 1. The van der Waals surface area contributed by atoms with Crippen LogP contribution in [0, 0.1) is 5.92 Å². The van der Waals surface area contributed by atoms with Gasteiger partial charge in [-0.3, -0.25) is 4.90 Å². The summed E-state index contributed by atoms with van der Waals surface area (Å²) in [5.41, 5.74) is 1.24. The number of hydrogen-bond acceptors (Lipinski definition) is 2. The Morgan fingerprint density at radius 3 is 2.48 bits per heavy atom. The zero-order valence-corrected chi connectivity index (χ0v) is 14.7. The molecule has 0 aliphatic carbocycles. The van der Waals surface area contributed by atoms with Crippen molar-refractivity contribution >= 4 is 23.2 Å². The predicted octanol–water partition coefficient (Wildman–Crippen LogP) is 4.76. The van der Waals surface area contributed by atoms with Crippen LogP contribution in [0.4, 0.5) is 0 Å². The van der Waals surface area contributed by atoms with Gasteiger partial charge in [0.25, 0.3) is 0 Å². The molecule has 1 aromatic carbocycles. The van der Waals surface area contributed by atoms with Gasteiger partial charge in [0.05, 0.1) is 0 Å². The van der Waals surface area contributed by atoms with Crippen LogP contribution < -0.4 is 5.32 Å². The largest absolute Gasteiger partial charge is 0.314 e. The summed E-state index contributed by atoms with van der Waals surface area (Å²) in [5.74, 6) is 0.592. The van der Waals surface area contributed by atoms with E-state index in [-0.39, 0.29) is 0 Å². The van der Waals surface area contributed by atoms with E-state index in [0.717, 1.165) is 23.1 Å². The van der Waals surface area contributed by atoms with Gasteiger partial charge in [0.15, 0.2) is 0 Å². The van der Waals surface area contributed by atoms with E-state index in [1.54, 1.807) is 0 Å². The van der Waals surface area contributed by atoms with Crippen molar-refractivity contribution in [3.63, 3.8) is 0 Å². The van der Waals surface area contributed by atoms with E-state index in [4.69, 9.17) is 23.2 Å². The van der Waals surface area contributed by atoms with Gasteiger partial charge in [0.1, 0.15) is 0 Å². The van der Waals surface area contributed by atoms with Crippen LogP contribution in [-0.4, -0.2) is 31.1 Å². The van der Waals surface area contributed by atoms with Crippen LogP contribution >= 0.6 is 23.2 Å². The molecule has 2 nitrogen and oxygen atoms in total. The minimum absolute atomic E-state index is 0.384. The second-order valence-electron chi connectivity index (χ2n) is 6.45. The standard InChI is InChI=1S/C17H26Cl2N2/c1-12(2)20-11-13-6-4-5-7-21(3)17(13)14-8-15(18)10-16(19)9-14/h8-10,12-13,17,20H,4-7,11H2,1-3H3. The lowest BCUT2D eigenvalue weighted by Gasteiger charge is -2.33. The minimum Gasteiger partial charge on any atom is -0.314 e. The maximum Gasteiger partial charge on any atom is 0.0424 e. The molecule has 0 saturated carbocycles. The Morgan fingerprint density at radius 2 is 1.86 bits per heavy atom. The van der Waals surface area contributed by atoms with Crippen LogP contribution in [0.15, 0.2) is 18.2 Å². The molecule has 0 aromatic heterocycles. The highest BCUT2D eigenvalue weighted by Gasteiger charge is 2.29. The fourth-order valence-electron chi connectivity index (χ4n) is 3.30. The first-order valence-electron chi connectivity index (χ1n) is 7.87. The average Bonchev–Trinajstić information content (AvgIpc) is 2.56. The molecule has 1 saturated heterocycles. The van der Waals surface area contributed by atoms with Crippen LogP contribution in [0.1, 0.15) is 44.7 Å². The third kappa shape index (κ3) is 4.85. The van der Waals surface area contributed by atoms with Crippen molar-refractivity contribution in [2.24, 2.45) is 5.92 Å². The molecule has 1 aliphatic rings. The fourth-order valence-corrected chi connectivity index (χ4v) is 3.84. The second-order valence-corrected chi connectivity index (χ2v) is 7.32.